The first-order chi connectivity index (χ1) is 7.43. The molecule has 0 fully saturated rings. The largest absolute Gasteiger partial charge is 0.112 e. The Labute approximate surface area is 88.9 Å². The monoisotopic (exact) mass is 190 g/mol. The molecule has 0 aromatic heterocycles. The molecule has 1 aliphatic rings. The lowest BCUT2D eigenvalue weighted by atomic mass is 10.0. The van der Waals surface area contributed by atoms with Gasteiger partial charge in [0.05, 0.1) is 0 Å². The van der Waals surface area contributed by atoms with Gasteiger partial charge in [-0.1, -0.05) is 42.5 Å². The van der Waals surface area contributed by atoms with Crippen LogP contribution in [0.4, 0.5) is 0 Å². The molecule has 0 aliphatic heterocycles. The lowest BCUT2D eigenvalue weighted by Crippen LogP contribution is -1.76. The summed E-state index contributed by atoms with van der Waals surface area (Å²) in [6.07, 6.45) is 6.17. The molecule has 0 bridgehead atoms. The summed E-state index contributed by atoms with van der Waals surface area (Å²) in [7, 11) is 0. The first kappa shape index (κ1) is 8.28. The van der Waals surface area contributed by atoms with Gasteiger partial charge in [0, 0.05) is 5.57 Å². The van der Waals surface area contributed by atoms with E-state index < -0.39 is 0 Å². The van der Waals surface area contributed by atoms with Gasteiger partial charge in [0.2, 0.25) is 0 Å². The normalized spacial score (nSPS) is 12.7. The second-order valence-corrected chi connectivity index (χ2v) is 3.65. The molecule has 0 heterocycles. The van der Waals surface area contributed by atoms with E-state index in [2.05, 4.69) is 66.4 Å². The van der Waals surface area contributed by atoms with Crippen LogP contribution in [0.3, 0.4) is 0 Å². The third kappa shape index (κ3) is 1.63. The Balaban J connectivity index is 2.21. The van der Waals surface area contributed by atoms with Crippen LogP contribution < -0.4 is 0 Å². The van der Waals surface area contributed by atoms with Gasteiger partial charge in [0.15, 0.2) is 0 Å². The molecular weight excluding hydrogens is 180 g/mol. The highest BCUT2D eigenvalue weighted by atomic mass is 14.0. The molecule has 3 rings (SSSR count). The van der Waals surface area contributed by atoms with Crippen molar-refractivity contribution in [1.29, 1.82) is 0 Å². The summed E-state index contributed by atoms with van der Waals surface area (Å²) >= 11 is 0. The minimum absolute atomic E-state index is 1.20. The average molecular weight is 190 g/mol. The molecule has 1 aliphatic carbocycles. The van der Waals surface area contributed by atoms with Crippen molar-refractivity contribution in [1.82, 2.24) is 0 Å². The Kier molecular flexibility index (Phi) is 1.81. The van der Waals surface area contributed by atoms with Crippen LogP contribution in [0, 0.1) is 0 Å². The maximum atomic E-state index is 3.25. The quantitative estimate of drug-likeness (QED) is 0.597. The third-order valence-electron chi connectivity index (χ3n) is 2.55. The molecule has 0 heteroatoms. The topological polar surface area (TPSA) is 0 Å². The molecule has 0 saturated heterocycles. The summed E-state index contributed by atoms with van der Waals surface area (Å²) in [6.45, 7) is 0. The maximum absolute atomic E-state index is 3.25. The molecule has 0 nitrogen and oxygen atoms in total. The zero-order valence-corrected chi connectivity index (χ0v) is 8.27. The van der Waals surface area contributed by atoms with Crippen LogP contribution in [0.1, 0.15) is 5.56 Å². The standard InChI is InChI=1S/C15H10/c1-2-7-15-13(4-1)5-3-6-14(15)11-10-12-8-9-12/h1-9,11H. The van der Waals surface area contributed by atoms with Crippen LogP contribution in [-0.4, -0.2) is 0 Å². The fraction of sp³-hybridized carbons (Fsp3) is 0. The van der Waals surface area contributed by atoms with Gasteiger partial charge in [-0.25, -0.2) is 0 Å². The Hall–Kier alpha value is -2.04. The van der Waals surface area contributed by atoms with Crippen LogP contribution >= 0.6 is 0 Å². The van der Waals surface area contributed by atoms with Crippen molar-refractivity contribution in [3.8, 4) is 0 Å². The van der Waals surface area contributed by atoms with Crippen LogP contribution in [-0.2, 0) is 0 Å². The Morgan fingerprint density at radius 1 is 0.867 bits per heavy atom. The van der Waals surface area contributed by atoms with E-state index in [0.717, 1.165) is 0 Å². The molecule has 0 saturated carbocycles. The van der Waals surface area contributed by atoms with E-state index in [1.807, 2.05) is 0 Å². The predicted molar refractivity (Wildman–Crippen MR) is 64.6 cm³/mol. The molecule has 0 unspecified atom stereocenters. The summed E-state index contributed by atoms with van der Waals surface area (Å²) < 4.78 is 0. The molecule has 0 atom stereocenters. The van der Waals surface area contributed by atoms with Crippen molar-refractivity contribution < 1.29 is 0 Å². The minimum Gasteiger partial charge on any atom is -0.112 e. The highest BCUT2D eigenvalue weighted by molar-refractivity contribution is 5.90. The van der Waals surface area contributed by atoms with Crippen molar-refractivity contribution >= 4 is 16.8 Å². The van der Waals surface area contributed by atoms with Gasteiger partial charge >= 0.3 is 0 Å². The van der Waals surface area contributed by atoms with Crippen molar-refractivity contribution in [2.24, 2.45) is 0 Å². The van der Waals surface area contributed by atoms with Crippen LogP contribution in [0.25, 0.3) is 16.8 Å². The molecule has 2 aromatic carbocycles. The molecular formula is C15H10. The van der Waals surface area contributed by atoms with Crippen molar-refractivity contribution in [3.05, 3.63) is 71.5 Å². The van der Waals surface area contributed by atoms with Gasteiger partial charge in [-0.15, -0.1) is 5.73 Å². The summed E-state index contributed by atoms with van der Waals surface area (Å²) in [5, 5.41) is 2.57. The number of benzene rings is 2. The summed E-state index contributed by atoms with van der Waals surface area (Å²) in [5.41, 5.74) is 5.67. The third-order valence-corrected chi connectivity index (χ3v) is 2.55. The fourth-order valence-electron chi connectivity index (χ4n) is 1.68. The minimum atomic E-state index is 1.20. The highest BCUT2D eigenvalue weighted by Crippen LogP contribution is 2.20. The molecule has 0 radical (unpaired) electrons. The Morgan fingerprint density at radius 2 is 1.67 bits per heavy atom. The number of allylic oxidation sites excluding steroid dienone is 3. The lowest BCUT2D eigenvalue weighted by Gasteiger charge is -1.99. The van der Waals surface area contributed by atoms with E-state index >= 15 is 0 Å². The highest BCUT2D eigenvalue weighted by Gasteiger charge is 1.97. The fourth-order valence-corrected chi connectivity index (χ4v) is 1.68. The van der Waals surface area contributed by atoms with Crippen molar-refractivity contribution in [2.45, 2.75) is 0 Å². The van der Waals surface area contributed by atoms with Crippen molar-refractivity contribution in [3.63, 3.8) is 0 Å². The van der Waals surface area contributed by atoms with Gasteiger partial charge in [-0.3, -0.25) is 0 Å². The number of hydrogen-bond donors (Lipinski definition) is 0. The first-order valence-corrected chi connectivity index (χ1v) is 5.06. The zero-order chi connectivity index (χ0) is 10.1. The van der Waals surface area contributed by atoms with Gasteiger partial charge in [-0.05, 0) is 34.6 Å². The maximum Gasteiger partial charge on any atom is 0.0165 e. The predicted octanol–water partition coefficient (Wildman–Crippen LogP) is 3.95. The summed E-state index contributed by atoms with van der Waals surface area (Å²) in [5.74, 6) is 0. The van der Waals surface area contributed by atoms with Crippen molar-refractivity contribution in [2.75, 3.05) is 0 Å². The van der Waals surface area contributed by atoms with E-state index in [-0.39, 0.29) is 0 Å². The molecule has 15 heavy (non-hydrogen) atoms. The Bertz CT molecular complexity index is 595. The van der Waals surface area contributed by atoms with E-state index in [1.54, 1.807) is 0 Å². The number of fused-ring (bicyclic) bond motifs is 1. The van der Waals surface area contributed by atoms with Gasteiger partial charge < -0.3 is 0 Å². The van der Waals surface area contributed by atoms with Gasteiger partial charge in [0.1, 0.15) is 0 Å². The summed E-state index contributed by atoms with van der Waals surface area (Å²) in [4.78, 5) is 0. The molecule has 2 aromatic rings. The lowest BCUT2D eigenvalue weighted by molar-refractivity contribution is 1.71. The van der Waals surface area contributed by atoms with E-state index in [9.17, 15) is 0 Å². The number of rotatable bonds is 1. The number of hydrogen-bond acceptors (Lipinski definition) is 0. The smallest absolute Gasteiger partial charge is 0.0165 e. The second-order valence-electron chi connectivity index (χ2n) is 3.65. The molecule has 0 amide bonds. The summed E-state index contributed by atoms with van der Waals surface area (Å²) in [6, 6.07) is 14.8. The van der Waals surface area contributed by atoms with E-state index in [4.69, 9.17) is 0 Å². The van der Waals surface area contributed by atoms with Crippen LogP contribution in [0.2, 0.25) is 0 Å². The molecule has 70 valence electrons. The second kappa shape index (κ2) is 3.27. The van der Waals surface area contributed by atoms with Gasteiger partial charge in [-0.2, -0.15) is 0 Å². The van der Waals surface area contributed by atoms with E-state index in [1.165, 1.54) is 21.9 Å². The molecule has 0 spiro atoms. The first-order valence-electron chi connectivity index (χ1n) is 5.06. The van der Waals surface area contributed by atoms with E-state index in [0.29, 0.717) is 0 Å². The molecule has 0 N–H and O–H groups in total. The van der Waals surface area contributed by atoms with Gasteiger partial charge in [0.25, 0.3) is 0 Å². The Morgan fingerprint density at radius 3 is 2.53 bits per heavy atom. The average Bonchev–Trinajstić information content (AvgIpc) is 3.10. The van der Waals surface area contributed by atoms with Crippen LogP contribution in [0.5, 0.6) is 0 Å². The SMILES string of the molecule is C(=Cc1cccc2ccccc12)=C1C=C1. The van der Waals surface area contributed by atoms with Crippen LogP contribution in [0.15, 0.2) is 65.9 Å². The zero-order valence-electron chi connectivity index (χ0n) is 8.27.